The fourth-order valence-electron chi connectivity index (χ4n) is 2.35. The van der Waals surface area contributed by atoms with Crippen molar-refractivity contribution in [1.82, 2.24) is 25.0 Å². The molecule has 2 unspecified atom stereocenters. The van der Waals surface area contributed by atoms with E-state index in [1.54, 1.807) is 16.9 Å². The average Bonchev–Trinajstić information content (AvgIpc) is 2.94. The summed E-state index contributed by atoms with van der Waals surface area (Å²) in [6.07, 6.45) is 3.22. The van der Waals surface area contributed by atoms with Crippen LogP contribution in [0.1, 0.15) is 6.92 Å². The van der Waals surface area contributed by atoms with E-state index < -0.39 is 5.97 Å². The van der Waals surface area contributed by atoms with E-state index in [1.165, 1.54) is 0 Å². The van der Waals surface area contributed by atoms with Gasteiger partial charge in [0.05, 0.1) is 18.3 Å². The molecule has 0 aliphatic carbocycles. The highest BCUT2D eigenvalue weighted by molar-refractivity contribution is 5.72. The van der Waals surface area contributed by atoms with Gasteiger partial charge in [-0.25, -0.2) is 0 Å². The Balaban J connectivity index is 1.97. The number of aromatic nitrogens is 5. The molecule has 0 aromatic carbocycles. The number of aliphatic carboxylic acids is 1. The van der Waals surface area contributed by atoms with Gasteiger partial charge in [-0.3, -0.25) is 9.78 Å². The Hall–Kier alpha value is -2.25. The number of nitrogens with zero attached hydrogens (tertiary/aromatic N) is 6. The van der Waals surface area contributed by atoms with Crippen molar-refractivity contribution >= 4 is 17.4 Å². The molecule has 1 N–H and O–H groups in total. The molecular weight excluding hydrogens is 236 g/mol. The topological polar surface area (TPSA) is 96.5 Å². The van der Waals surface area contributed by atoms with Gasteiger partial charge in [0.25, 0.3) is 0 Å². The minimum atomic E-state index is -0.762. The molecule has 18 heavy (non-hydrogen) atoms. The number of carboxylic acid groups (broad SMARTS) is 1. The van der Waals surface area contributed by atoms with Gasteiger partial charge in [0, 0.05) is 13.1 Å². The maximum atomic E-state index is 11.1. The maximum absolute atomic E-state index is 11.1. The van der Waals surface area contributed by atoms with Crippen LogP contribution in [0.25, 0.3) is 5.65 Å². The first-order valence-corrected chi connectivity index (χ1v) is 5.66. The minimum absolute atomic E-state index is 0.0919. The number of tetrazole rings is 1. The second-order valence-electron chi connectivity index (χ2n) is 4.54. The fourth-order valence-corrected chi connectivity index (χ4v) is 2.35. The SMILES string of the molecule is CC1CN(c2cncc3nnnn23)CC1C(=O)O. The molecule has 3 rings (SSSR count). The minimum Gasteiger partial charge on any atom is -0.481 e. The summed E-state index contributed by atoms with van der Waals surface area (Å²) in [6, 6.07) is 0. The molecule has 1 fully saturated rings. The smallest absolute Gasteiger partial charge is 0.308 e. The molecule has 2 atom stereocenters. The Morgan fingerprint density at radius 3 is 3.00 bits per heavy atom. The highest BCUT2D eigenvalue weighted by Gasteiger charge is 2.35. The van der Waals surface area contributed by atoms with Crippen LogP contribution in [-0.4, -0.2) is 49.2 Å². The van der Waals surface area contributed by atoms with Gasteiger partial charge in [-0.2, -0.15) is 4.52 Å². The quantitative estimate of drug-likeness (QED) is 0.777. The summed E-state index contributed by atoms with van der Waals surface area (Å²) in [4.78, 5) is 17.1. The molecular formula is C10H12N6O2. The zero-order chi connectivity index (χ0) is 12.7. The van der Waals surface area contributed by atoms with Gasteiger partial charge in [0.15, 0.2) is 11.5 Å². The lowest BCUT2D eigenvalue weighted by atomic mass is 9.99. The van der Waals surface area contributed by atoms with E-state index in [9.17, 15) is 4.79 Å². The first kappa shape index (κ1) is 10.9. The van der Waals surface area contributed by atoms with Crippen molar-refractivity contribution in [1.29, 1.82) is 0 Å². The Bertz CT molecular complexity index is 597. The molecule has 1 aliphatic heterocycles. The largest absolute Gasteiger partial charge is 0.481 e. The molecule has 1 saturated heterocycles. The summed E-state index contributed by atoms with van der Waals surface area (Å²) in [5, 5.41) is 20.4. The predicted molar refractivity (Wildman–Crippen MR) is 61.1 cm³/mol. The summed E-state index contributed by atoms with van der Waals surface area (Å²) < 4.78 is 1.57. The number of hydrogen-bond donors (Lipinski definition) is 1. The molecule has 8 nitrogen and oxygen atoms in total. The van der Waals surface area contributed by atoms with E-state index in [4.69, 9.17) is 5.11 Å². The molecule has 2 aromatic rings. The molecule has 2 aromatic heterocycles. The van der Waals surface area contributed by atoms with Gasteiger partial charge < -0.3 is 10.0 Å². The van der Waals surface area contributed by atoms with Crippen LogP contribution < -0.4 is 4.90 Å². The van der Waals surface area contributed by atoms with Crippen LogP contribution in [0.15, 0.2) is 12.4 Å². The highest BCUT2D eigenvalue weighted by Crippen LogP contribution is 2.27. The Morgan fingerprint density at radius 1 is 1.44 bits per heavy atom. The lowest BCUT2D eigenvalue weighted by Crippen LogP contribution is -2.25. The maximum Gasteiger partial charge on any atom is 0.308 e. The van der Waals surface area contributed by atoms with Crippen LogP contribution in [0.5, 0.6) is 0 Å². The van der Waals surface area contributed by atoms with Crippen molar-refractivity contribution in [2.45, 2.75) is 6.92 Å². The molecule has 0 radical (unpaired) electrons. The highest BCUT2D eigenvalue weighted by atomic mass is 16.4. The van der Waals surface area contributed by atoms with Crippen molar-refractivity contribution in [3.63, 3.8) is 0 Å². The van der Waals surface area contributed by atoms with Crippen molar-refractivity contribution in [2.75, 3.05) is 18.0 Å². The monoisotopic (exact) mass is 248 g/mol. The molecule has 1 aliphatic rings. The summed E-state index contributed by atoms with van der Waals surface area (Å²) in [6.45, 7) is 3.06. The van der Waals surface area contributed by atoms with Crippen LogP contribution >= 0.6 is 0 Å². The van der Waals surface area contributed by atoms with E-state index in [2.05, 4.69) is 20.5 Å². The van der Waals surface area contributed by atoms with Crippen LogP contribution in [-0.2, 0) is 4.79 Å². The van der Waals surface area contributed by atoms with Crippen molar-refractivity contribution in [2.24, 2.45) is 11.8 Å². The number of fused-ring (bicyclic) bond motifs is 1. The number of carbonyl (C=O) groups is 1. The number of carboxylic acids is 1. The normalized spacial score (nSPS) is 23.7. The fraction of sp³-hybridized carbons (Fsp3) is 0.500. The van der Waals surface area contributed by atoms with Crippen molar-refractivity contribution in [3.05, 3.63) is 12.4 Å². The third-order valence-electron chi connectivity index (χ3n) is 3.34. The van der Waals surface area contributed by atoms with Gasteiger partial charge in [-0.05, 0) is 16.3 Å². The lowest BCUT2D eigenvalue weighted by molar-refractivity contribution is -0.142. The molecule has 0 saturated carbocycles. The van der Waals surface area contributed by atoms with E-state index in [0.717, 1.165) is 5.82 Å². The molecule has 0 spiro atoms. The zero-order valence-electron chi connectivity index (χ0n) is 9.76. The van der Waals surface area contributed by atoms with Gasteiger partial charge in [-0.15, -0.1) is 5.10 Å². The summed E-state index contributed by atoms with van der Waals surface area (Å²) in [7, 11) is 0. The van der Waals surface area contributed by atoms with Gasteiger partial charge in [-0.1, -0.05) is 6.92 Å². The summed E-state index contributed by atoms with van der Waals surface area (Å²) in [5.41, 5.74) is 0.555. The third kappa shape index (κ3) is 1.57. The van der Waals surface area contributed by atoms with Crippen molar-refractivity contribution in [3.8, 4) is 0 Å². The van der Waals surface area contributed by atoms with Gasteiger partial charge in [0.1, 0.15) is 0 Å². The predicted octanol–water partition coefficient (Wildman–Crippen LogP) is -0.324. The molecule has 0 bridgehead atoms. The van der Waals surface area contributed by atoms with Crippen LogP contribution in [0.3, 0.4) is 0 Å². The lowest BCUT2D eigenvalue weighted by Gasteiger charge is -2.17. The number of hydrogen-bond acceptors (Lipinski definition) is 6. The number of anilines is 1. The van der Waals surface area contributed by atoms with Gasteiger partial charge >= 0.3 is 5.97 Å². The van der Waals surface area contributed by atoms with E-state index in [-0.39, 0.29) is 11.8 Å². The van der Waals surface area contributed by atoms with Crippen LogP contribution in [0, 0.1) is 11.8 Å². The Labute approximate surface area is 102 Å². The first-order chi connectivity index (χ1) is 8.66. The zero-order valence-corrected chi connectivity index (χ0v) is 9.76. The van der Waals surface area contributed by atoms with Crippen molar-refractivity contribution < 1.29 is 9.90 Å². The Kier molecular flexibility index (Phi) is 2.35. The summed E-state index contributed by atoms with van der Waals surface area (Å²) in [5.74, 6) is -0.305. The van der Waals surface area contributed by atoms with E-state index in [1.807, 2.05) is 11.8 Å². The van der Waals surface area contributed by atoms with E-state index >= 15 is 0 Å². The first-order valence-electron chi connectivity index (χ1n) is 5.66. The second kappa shape index (κ2) is 3.90. The Morgan fingerprint density at radius 2 is 2.28 bits per heavy atom. The van der Waals surface area contributed by atoms with Crippen LogP contribution in [0.2, 0.25) is 0 Å². The third-order valence-corrected chi connectivity index (χ3v) is 3.34. The molecule has 0 amide bonds. The number of rotatable bonds is 2. The molecule has 94 valence electrons. The standard InChI is InChI=1S/C10H12N6O2/c1-6-4-15(5-7(6)10(17)18)9-3-11-2-8-12-13-14-16(8)9/h2-3,6-7H,4-5H2,1H3,(H,17,18). The van der Waals surface area contributed by atoms with E-state index in [0.29, 0.717) is 18.7 Å². The summed E-state index contributed by atoms with van der Waals surface area (Å²) >= 11 is 0. The molecule has 8 heteroatoms. The molecule has 3 heterocycles. The second-order valence-corrected chi connectivity index (χ2v) is 4.54. The van der Waals surface area contributed by atoms with Crippen LogP contribution in [0.4, 0.5) is 5.82 Å². The average molecular weight is 248 g/mol. The van der Waals surface area contributed by atoms with Gasteiger partial charge in [0.2, 0.25) is 0 Å².